The van der Waals surface area contributed by atoms with Crippen LogP contribution in [0.3, 0.4) is 0 Å². The Balaban J connectivity index is 1.64. The molecule has 1 aliphatic heterocycles. The van der Waals surface area contributed by atoms with Crippen LogP contribution in [0, 0.1) is 6.92 Å². The van der Waals surface area contributed by atoms with Gasteiger partial charge in [-0.05, 0) is 36.6 Å². The lowest BCUT2D eigenvalue weighted by atomic mass is 10.1. The minimum Gasteiger partial charge on any atom is -0.379 e. The molecule has 0 radical (unpaired) electrons. The van der Waals surface area contributed by atoms with Gasteiger partial charge in [0.15, 0.2) is 0 Å². The Kier molecular flexibility index (Phi) is 8.28. The minimum atomic E-state index is -3.63. The van der Waals surface area contributed by atoms with Crippen LogP contribution in [-0.4, -0.2) is 57.8 Å². The summed E-state index contributed by atoms with van der Waals surface area (Å²) in [5.41, 5.74) is 3.71. The van der Waals surface area contributed by atoms with Crippen molar-refractivity contribution < 1.29 is 17.9 Å². The third kappa shape index (κ3) is 6.54. The first-order valence-electron chi connectivity index (χ1n) is 11.0. The highest BCUT2D eigenvalue weighted by Crippen LogP contribution is 2.23. The number of carbonyl (C=O) groups is 1. The number of nitrogens with one attached hydrogen (secondary N) is 1. The molecule has 7 nitrogen and oxygen atoms in total. The average Bonchev–Trinajstić information content (AvgIpc) is 2.77. The van der Waals surface area contributed by atoms with Gasteiger partial charge in [0, 0.05) is 26.2 Å². The molecular formula is C24H33N3O4S. The summed E-state index contributed by atoms with van der Waals surface area (Å²) in [7, 11) is -3.63. The number of hydrogen-bond acceptors (Lipinski definition) is 5. The summed E-state index contributed by atoms with van der Waals surface area (Å²) in [6.07, 6.45) is 1.50. The van der Waals surface area contributed by atoms with E-state index in [2.05, 4.69) is 22.3 Å². The molecule has 1 amide bonds. The lowest BCUT2D eigenvalue weighted by Gasteiger charge is -2.30. The van der Waals surface area contributed by atoms with Gasteiger partial charge >= 0.3 is 0 Å². The summed E-state index contributed by atoms with van der Waals surface area (Å²) >= 11 is 0. The van der Waals surface area contributed by atoms with E-state index in [9.17, 15) is 13.2 Å². The first kappa shape index (κ1) is 24.2. The molecule has 0 spiro atoms. The van der Waals surface area contributed by atoms with E-state index in [4.69, 9.17) is 4.74 Å². The zero-order chi connectivity index (χ0) is 23.1. The standard InChI is InChI=1S/C24H33N3O4S/c1-4-23(27(32(3,29)30)22-11-5-19(2)6-12-22)24(28)25-17-20-7-9-21(10-8-20)18-26-13-15-31-16-14-26/h5-12,23H,4,13-18H2,1-3H3,(H,25,28)/t23-/m0/s1. The van der Waals surface area contributed by atoms with Gasteiger partial charge in [0.2, 0.25) is 15.9 Å². The average molecular weight is 460 g/mol. The van der Waals surface area contributed by atoms with Crippen molar-refractivity contribution in [1.29, 1.82) is 0 Å². The molecule has 0 bridgehead atoms. The molecule has 2 aromatic carbocycles. The molecule has 1 atom stereocenters. The summed E-state index contributed by atoms with van der Waals surface area (Å²) in [5, 5.41) is 2.91. The van der Waals surface area contributed by atoms with Crippen LogP contribution in [-0.2, 0) is 32.6 Å². The molecule has 8 heteroatoms. The number of nitrogens with zero attached hydrogens (tertiary/aromatic N) is 2. The predicted molar refractivity (Wildman–Crippen MR) is 127 cm³/mol. The summed E-state index contributed by atoms with van der Waals surface area (Å²) in [5.74, 6) is -0.309. The van der Waals surface area contributed by atoms with Crippen LogP contribution >= 0.6 is 0 Å². The van der Waals surface area contributed by atoms with Crippen molar-refractivity contribution in [2.24, 2.45) is 0 Å². The second-order valence-electron chi connectivity index (χ2n) is 8.24. The zero-order valence-corrected chi connectivity index (χ0v) is 19.9. The van der Waals surface area contributed by atoms with Gasteiger partial charge < -0.3 is 10.1 Å². The number of sulfonamides is 1. The third-order valence-corrected chi connectivity index (χ3v) is 6.80. The quantitative estimate of drug-likeness (QED) is 0.624. The van der Waals surface area contributed by atoms with Gasteiger partial charge in [0.1, 0.15) is 6.04 Å². The van der Waals surface area contributed by atoms with Gasteiger partial charge in [-0.15, -0.1) is 0 Å². The highest BCUT2D eigenvalue weighted by molar-refractivity contribution is 7.92. The lowest BCUT2D eigenvalue weighted by molar-refractivity contribution is -0.122. The number of rotatable bonds is 9. The highest BCUT2D eigenvalue weighted by Gasteiger charge is 2.31. The third-order valence-electron chi connectivity index (χ3n) is 5.62. The van der Waals surface area contributed by atoms with Gasteiger partial charge in [-0.3, -0.25) is 14.0 Å². The minimum absolute atomic E-state index is 0.309. The van der Waals surface area contributed by atoms with E-state index in [1.807, 2.05) is 38.1 Å². The van der Waals surface area contributed by atoms with Crippen LogP contribution in [0.2, 0.25) is 0 Å². The van der Waals surface area contributed by atoms with Crippen molar-refractivity contribution in [2.75, 3.05) is 36.9 Å². The molecular weight excluding hydrogens is 426 g/mol. The Hall–Kier alpha value is -2.42. The van der Waals surface area contributed by atoms with E-state index in [1.165, 1.54) is 9.87 Å². The Labute approximate surface area is 191 Å². The Bertz CT molecular complexity index is 985. The van der Waals surface area contributed by atoms with Crippen molar-refractivity contribution in [3.05, 3.63) is 65.2 Å². The normalized spacial score (nSPS) is 15.8. The predicted octanol–water partition coefficient (Wildman–Crippen LogP) is 2.69. The van der Waals surface area contributed by atoms with Crippen molar-refractivity contribution in [1.82, 2.24) is 10.2 Å². The molecule has 2 aromatic rings. The van der Waals surface area contributed by atoms with E-state index < -0.39 is 16.1 Å². The van der Waals surface area contributed by atoms with Crippen LogP contribution in [0.15, 0.2) is 48.5 Å². The number of morpholine rings is 1. The van der Waals surface area contributed by atoms with Crippen molar-refractivity contribution in [3.63, 3.8) is 0 Å². The van der Waals surface area contributed by atoms with Crippen LogP contribution < -0.4 is 9.62 Å². The highest BCUT2D eigenvalue weighted by atomic mass is 32.2. The maximum atomic E-state index is 13.0. The number of aryl methyl sites for hydroxylation is 1. The molecule has 1 aliphatic rings. The van der Waals surface area contributed by atoms with Crippen LogP contribution in [0.1, 0.15) is 30.0 Å². The van der Waals surface area contributed by atoms with Crippen molar-refractivity contribution >= 4 is 21.6 Å². The van der Waals surface area contributed by atoms with E-state index in [-0.39, 0.29) is 5.91 Å². The summed E-state index contributed by atoms with van der Waals surface area (Å²) in [4.78, 5) is 15.3. The molecule has 0 saturated carbocycles. The van der Waals surface area contributed by atoms with Gasteiger partial charge in [-0.25, -0.2) is 8.42 Å². The molecule has 32 heavy (non-hydrogen) atoms. The fourth-order valence-electron chi connectivity index (χ4n) is 3.84. The van der Waals surface area contributed by atoms with Gasteiger partial charge in [-0.1, -0.05) is 48.9 Å². The second-order valence-corrected chi connectivity index (χ2v) is 10.1. The number of amides is 1. The van der Waals surface area contributed by atoms with Crippen molar-refractivity contribution in [3.8, 4) is 0 Å². The van der Waals surface area contributed by atoms with E-state index >= 15 is 0 Å². The van der Waals surface area contributed by atoms with Gasteiger partial charge in [-0.2, -0.15) is 0 Å². The summed E-state index contributed by atoms with van der Waals surface area (Å²) in [6, 6.07) is 14.5. The van der Waals surface area contributed by atoms with Gasteiger partial charge in [0.25, 0.3) is 0 Å². The topological polar surface area (TPSA) is 79.0 Å². The smallest absolute Gasteiger partial charge is 0.244 e. The Morgan fingerprint density at radius 1 is 1.06 bits per heavy atom. The summed E-state index contributed by atoms with van der Waals surface area (Å²) in [6.45, 7) is 8.40. The molecule has 3 rings (SSSR count). The second kappa shape index (κ2) is 10.9. The van der Waals surface area contributed by atoms with E-state index in [0.29, 0.717) is 18.7 Å². The number of ether oxygens (including phenoxy) is 1. The number of hydrogen-bond donors (Lipinski definition) is 1. The largest absolute Gasteiger partial charge is 0.379 e. The number of benzene rings is 2. The van der Waals surface area contributed by atoms with Crippen LogP contribution in [0.4, 0.5) is 5.69 Å². The van der Waals surface area contributed by atoms with Crippen LogP contribution in [0.5, 0.6) is 0 Å². The van der Waals surface area contributed by atoms with Gasteiger partial charge in [0.05, 0.1) is 25.2 Å². The van der Waals surface area contributed by atoms with E-state index in [1.54, 1.807) is 12.1 Å². The number of anilines is 1. The molecule has 1 saturated heterocycles. The molecule has 0 aromatic heterocycles. The first-order chi connectivity index (χ1) is 15.3. The number of carbonyl (C=O) groups excluding carboxylic acids is 1. The Morgan fingerprint density at radius 2 is 1.66 bits per heavy atom. The fourth-order valence-corrected chi connectivity index (χ4v) is 5.05. The SMILES string of the molecule is CC[C@@H](C(=O)NCc1ccc(CN2CCOCC2)cc1)N(c1ccc(C)cc1)S(C)(=O)=O. The van der Waals surface area contributed by atoms with E-state index in [0.717, 1.165) is 50.2 Å². The fraction of sp³-hybridized carbons (Fsp3) is 0.458. The monoisotopic (exact) mass is 459 g/mol. The molecule has 1 fully saturated rings. The molecule has 0 aliphatic carbocycles. The molecule has 1 N–H and O–H groups in total. The molecule has 1 heterocycles. The maximum absolute atomic E-state index is 13.0. The first-order valence-corrected chi connectivity index (χ1v) is 12.8. The van der Waals surface area contributed by atoms with Crippen molar-refractivity contribution in [2.45, 2.75) is 39.4 Å². The molecule has 174 valence electrons. The lowest BCUT2D eigenvalue weighted by Crippen LogP contribution is -2.49. The Morgan fingerprint density at radius 3 is 2.22 bits per heavy atom. The molecule has 0 unspecified atom stereocenters. The summed E-state index contributed by atoms with van der Waals surface area (Å²) < 4.78 is 31.7. The van der Waals surface area contributed by atoms with Crippen LogP contribution in [0.25, 0.3) is 0 Å². The zero-order valence-electron chi connectivity index (χ0n) is 19.1. The maximum Gasteiger partial charge on any atom is 0.244 e.